The zero-order valence-corrected chi connectivity index (χ0v) is 14.9. The molecule has 7 nitrogen and oxygen atoms in total. The van der Waals surface area contributed by atoms with Crippen molar-refractivity contribution >= 4 is 5.69 Å². The van der Waals surface area contributed by atoms with Gasteiger partial charge >= 0.3 is 0 Å². The fourth-order valence-electron chi connectivity index (χ4n) is 3.21. The van der Waals surface area contributed by atoms with Crippen molar-refractivity contribution < 1.29 is 4.74 Å². The molecule has 1 saturated heterocycles. The minimum Gasteiger partial charge on any atom is -0.495 e. The van der Waals surface area contributed by atoms with E-state index in [2.05, 4.69) is 49.6 Å². The van der Waals surface area contributed by atoms with Gasteiger partial charge in [0.25, 0.3) is 0 Å². The molecule has 0 atom stereocenters. The second kappa shape index (κ2) is 7.51. The Kier molecular flexibility index (Phi) is 4.77. The lowest BCUT2D eigenvalue weighted by atomic mass is 10.1. The summed E-state index contributed by atoms with van der Waals surface area (Å²) in [6, 6.07) is 10.5. The second-order valence-electron chi connectivity index (χ2n) is 6.47. The van der Waals surface area contributed by atoms with Crippen molar-refractivity contribution in [1.82, 2.24) is 25.2 Å². The van der Waals surface area contributed by atoms with Crippen LogP contribution in [0.1, 0.15) is 24.8 Å². The molecule has 0 unspecified atom stereocenters. The molecule has 0 N–H and O–H groups in total. The maximum absolute atomic E-state index is 5.19. The predicted octanol–water partition coefficient (Wildman–Crippen LogP) is 2.78. The van der Waals surface area contributed by atoms with Crippen LogP contribution >= 0.6 is 0 Å². The van der Waals surface area contributed by atoms with E-state index >= 15 is 0 Å². The Hall–Kier alpha value is -2.96. The minimum absolute atomic E-state index is 0.543. The van der Waals surface area contributed by atoms with Crippen LogP contribution in [-0.2, 0) is 6.54 Å². The Balaban J connectivity index is 1.45. The monoisotopic (exact) mass is 350 g/mol. The van der Waals surface area contributed by atoms with E-state index in [0.29, 0.717) is 18.1 Å². The van der Waals surface area contributed by atoms with Crippen LogP contribution in [0.4, 0.5) is 5.69 Å². The van der Waals surface area contributed by atoms with Gasteiger partial charge in [-0.15, -0.1) is 10.2 Å². The van der Waals surface area contributed by atoms with Crippen molar-refractivity contribution in [2.75, 3.05) is 25.1 Å². The predicted molar refractivity (Wildman–Crippen MR) is 99.2 cm³/mol. The van der Waals surface area contributed by atoms with Crippen LogP contribution in [0.2, 0.25) is 0 Å². The highest BCUT2D eigenvalue weighted by Crippen LogP contribution is 2.21. The summed E-state index contributed by atoms with van der Waals surface area (Å²) in [6.07, 6.45) is 7.27. The molecule has 0 radical (unpaired) electrons. The summed E-state index contributed by atoms with van der Waals surface area (Å²) in [4.78, 5) is 8.19. The molecule has 0 saturated carbocycles. The molecule has 0 aliphatic carbocycles. The number of benzene rings is 1. The highest BCUT2D eigenvalue weighted by atomic mass is 16.5. The normalized spacial score (nSPS) is 14.4. The molecular weight excluding hydrogens is 328 g/mol. The van der Waals surface area contributed by atoms with Crippen molar-refractivity contribution in [2.24, 2.45) is 0 Å². The fraction of sp³-hybridized carbons (Fsp3) is 0.368. The minimum atomic E-state index is 0.543. The van der Waals surface area contributed by atoms with Crippen LogP contribution < -0.4 is 9.64 Å². The summed E-state index contributed by atoms with van der Waals surface area (Å²) in [5, 5.41) is 12.7. The Labute approximate surface area is 152 Å². The number of methoxy groups -OCH3 is 1. The van der Waals surface area contributed by atoms with Crippen molar-refractivity contribution in [2.45, 2.75) is 25.8 Å². The van der Waals surface area contributed by atoms with E-state index in [9.17, 15) is 0 Å². The zero-order valence-electron chi connectivity index (χ0n) is 14.9. The van der Waals surface area contributed by atoms with Crippen molar-refractivity contribution in [3.8, 4) is 17.1 Å². The van der Waals surface area contributed by atoms with Crippen molar-refractivity contribution in [1.29, 1.82) is 0 Å². The SMILES string of the molecule is COc1cncc(-c2nnn(Cc3ccc(N4CCCCC4)cc3)n2)c1. The third-order valence-corrected chi connectivity index (χ3v) is 4.64. The van der Waals surface area contributed by atoms with Gasteiger partial charge in [-0.25, -0.2) is 0 Å². The average molecular weight is 350 g/mol. The van der Waals surface area contributed by atoms with Crippen molar-refractivity contribution in [3.63, 3.8) is 0 Å². The van der Waals surface area contributed by atoms with Crippen LogP contribution in [0.5, 0.6) is 5.75 Å². The molecular formula is C19H22N6O. The van der Waals surface area contributed by atoms with Gasteiger partial charge in [-0.3, -0.25) is 4.98 Å². The van der Waals surface area contributed by atoms with Crippen LogP contribution in [-0.4, -0.2) is 45.4 Å². The molecule has 2 aromatic heterocycles. The third-order valence-electron chi connectivity index (χ3n) is 4.64. The fourth-order valence-corrected chi connectivity index (χ4v) is 3.21. The molecule has 3 aromatic rings. The number of hydrogen-bond donors (Lipinski definition) is 0. The summed E-state index contributed by atoms with van der Waals surface area (Å²) < 4.78 is 5.19. The third kappa shape index (κ3) is 3.66. The largest absolute Gasteiger partial charge is 0.495 e. The molecule has 1 aromatic carbocycles. The van der Waals surface area contributed by atoms with E-state index in [1.165, 1.54) is 24.9 Å². The van der Waals surface area contributed by atoms with E-state index in [1.807, 2.05) is 6.07 Å². The second-order valence-corrected chi connectivity index (χ2v) is 6.47. The van der Waals surface area contributed by atoms with E-state index in [4.69, 9.17) is 4.74 Å². The first-order valence-electron chi connectivity index (χ1n) is 8.93. The summed E-state index contributed by atoms with van der Waals surface area (Å²) in [5.41, 5.74) is 3.23. The number of ether oxygens (including phenoxy) is 1. The Morgan fingerprint density at radius 2 is 1.85 bits per heavy atom. The summed E-state index contributed by atoms with van der Waals surface area (Å²) in [5.74, 6) is 1.22. The Morgan fingerprint density at radius 3 is 2.62 bits per heavy atom. The molecule has 26 heavy (non-hydrogen) atoms. The number of hydrogen-bond acceptors (Lipinski definition) is 6. The van der Waals surface area contributed by atoms with Gasteiger partial charge in [-0.05, 0) is 48.2 Å². The van der Waals surface area contributed by atoms with Crippen LogP contribution in [0.25, 0.3) is 11.4 Å². The Morgan fingerprint density at radius 1 is 1.04 bits per heavy atom. The molecule has 4 rings (SSSR count). The van der Waals surface area contributed by atoms with Gasteiger partial charge in [0.15, 0.2) is 0 Å². The standard InChI is InChI=1S/C19H22N6O/c1-26-18-11-16(12-20-13-18)19-21-23-25(22-19)14-15-5-7-17(8-6-15)24-9-3-2-4-10-24/h5-8,11-13H,2-4,9-10,14H2,1H3. The maximum Gasteiger partial charge on any atom is 0.206 e. The first-order valence-corrected chi connectivity index (χ1v) is 8.93. The Bertz CT molecular complexity index is 854. The lowest BCUT2D eigenvalue weighted by molar-refractivity contribution is 0.413. The van der Waals surface area contributed by atoms with Crippen LogP contribution in [0.3, 0.4) is 0 Å². The lowest BCUT2D eigenvalue weighted by Crippen LogP contribution is -2.29. The lowest BCUT2D eigenvalue weighted by Gasteiger charge is -2.28. The summed E-state index contributed by atoms with van der Waals surface area (Å²) in [7, 11) is 1.61. The van der Waals surface area contributed by atoms with Gasteiger partial charge in [-0.2, -0.15) is 4.80 Å². The first-order chi connectivity index (χ1) is 12.8. The molecule has 1 aliphatic heterocycles. The smallest absolute Gasteiger partial charge is 0.206 e. The summed E-state index contributed by atoms with van der Waals surface area (Å²) >= 11 is 0. The van der Waals surface area contributed by atoms with Gasteiger partial charge in [0.1, 0.15) is 5.75 Å². The van der Waals surface area contributed by atoms with Crippen LogP contribution in [0.15, 0.2) is 42.7 Å². The highest BCUT2D eigenvalue weighted by Gasteiger charge is 2.11. The highest BCUT2D eigenvalue weighted by molar-refractivity contribution is 5.54. The molecule has 134 valence electrons. The van der Waals surface area contributed by atoms with Gasteiger partial charge in [-0.1, -0.05) is 12.1 Å². The number of nitrogens with zero attached hydrogens (tertiary/aromatic N) is 6. The van der Waals surface area contributed by atoms with E-state index in [0.717, 1.165) is 24.2 Å². The number of pyridine rings is 1. The number of anilines is 1. The number of piperidine rings is 1. The molecule has 1 fully saturated rings. The zero-order chi connectivity index (χ0) is 17.8. The summed E-state index contributed by atoms with van der Waals surface area (Å²) in [6.45, 7) is 2.90. The van der Waals surface area contributed by atoms with Gasteiger partial charge in [0.2, 0.25) is 5.82 Å². The van der Waals surface area contributed by atoms with Gasteiger partial charge in [0, 0.05) is 30.5 Å². The van der Waals surface area contributed by atoms with E-state index in [1.54, 1.807) is 24.3 Å². The van der Waals surface area contributed by atoms with Gasteiger partial charge in [0.05, 0.1) is 19.9 Å². The first kappa shape index (κ1) is 16.5. The number of tetrazole rings is 1. The molecule has 0 amide bonds. The van der Waals surface area contributed by atoms with Crippen molar-refractivity contribution in [3.05, 3.63) is 48.3 Å². The number of aromatic nitrogens is 5. The molecule has 1 aliphatic rings. The quantitative estimate of drug-likeness (QED) is 0.705. The molecule has 7 heteroatoms. The number of rotatable bonds is 5. The van der Waals surface area contributed by atoms with Crippen LogP contribution in [0, 0.1) is 0 Å². The molecule has 0 bridgehead atoms. The molecule has 3 heterocycles. The maximum atomic E-state index is 5.19. The van der Waals surface area contributed by atoms with E-state index < -0.39 is 0 Å². The topological polar surface area (TPSA) is 69.0 Å². The average Bonchev–Trinajstić information content (AvgIpc) is 3.18. The molecule has 0 spiro atoms. The van der Waals surface area contributed by atoms with E-state index in [-0.39, 0.29) is 0 Å². The van der Waals surface area contributed by atoms with Gasteiger partial charge < -0.3 is 9.64 Å².